The van der Waals surface area contributed by atoms with E-state index in [2.05, 4.69) is 12.2 Å². The van der Waals surface area contributed by atoms with Gasteiger partial charge in [0.05, 0.1) is 13.0 Å². The first kappa shape index (κ1) is 22.7. The van der Waals surface area contributed by atoms with Gasteiger partial charge in [-0.2, -0.15) is 4.31 Å². The minimum atomic E-state index is -3.74. The summed E-state index contributed by atoms with van der Waals surface area (Å²) in [6.07, 6.45) is 3.30. The predicted molar refractivity (Wildman–Crippen MR) is 111 cm³/mol. The number of amides is 1. The number of piperidine rings is 1. The molecule has 2 rings (SSSR count). The largest absolute Gasteiger partial charge is 0.495 e. The van der Waals surface area contributed by atoms with Crippen molar-refractivity contribution >= 4 is 15.9 Å². The summed E-state index contributed by atoms with van der Waals surface area (Å²) < 4.78 is 33.5. The van der Waals surface area contributed by atoms with Gasteiger partial charge in [-0.25, -0.2) is 8.42 Å². The number of carbonyl (C=O) groups excluding carboxylic acids is 1. The Morgan fingerprint density at radius 1 is 1.32 bits per heavy atom. The quantitative estimate of drug-likeness (QED) is 0.711. The van der Waals surface area contributed by atoms with Crippen LogP contribution in [0.3, 0.4) is 0 Å². The Kier molecular flexibility index (Phi) is 7.89. The highest BCUT2D eigenvalue weighted by Crippen LogP contribution is 2.32. The molecule has 0 aliphatic carbocycles. The van der Waals surface area contributed by atoms with Crippen LogP contribution in [0.2, 0.25) is 0 Å². The summed E-state index contributed by atoms with van der Waals surface area (Å²) >= 11 is 0. The van der Waals surface area contributed by atoms with Crippen LogP contribution in [0.4, 0.5) is 0 Å². The number of carbonyl (C=O) groups is 1. The molecule has 0 saturated carbocycles. The smallest absolute Gasteiger partial charge is 0.246 e. The van der Waals surface area contributed by atoms with Crippen LogP contribution in [0.15, 0.2) is 23.1 Å². The number of hydrogen-bond donors (Lipinski definition) is 1. The molecule has 6 nitrogen and oxygen atoms in total. The van der Waals surface area contributed by atoms with Crippen LogP contribution >= 0.6 is 0 Å². The number of hydrogen-bond acceptors (Lipinski definition) is 4. The summed E-state index contributed by atoms with van der Waals surface area (Å²) in [7, 11) is -2.26. The summed E-state index contributed by atoms with van der Waals surface area (Å²) in [5.41, 5.74) is 0.944. The van der Waals surface area contributed by atoms with E-state index < -0.39 is 10.0 Å². The minimum absolute atomic E-state index is 0.0521. The van der Waals surface area contributed by atoms with Crippen molar-refractivity contribution in [1.29, 1.82) is 0 Å². The second-order valence-electron chi connectivity index (χ2n) is 7.97. The van der Waals surface area contributed by atoms with Crippen molar-refractivity contribution in [2.24, 2.45) is 5.92 Å². The van der Waals surface area contributed by atoms with Crippen molar-refractivity contribution in [3.8, 4) is 5.75 Å². The third-order valence-electron chi connectivity index (χ3n) is 5.34. The molecular formula is C21H34N2O4S. The van der Waals surface area contributed by atoms with Gasteiger partial charge in [-0.05, 0) is 49.8 Å². The van der Waals surface area contributed by atoms with Crippen LogP contribution in [-0.4, -0.2) is 44.9 Å². The number of benzene rings is 1. The van der Waals surface area contributed by atoms with Crippen LogP contribution < -0.4 is 10.1 Å². The molecule has 7 heteroatoms. The third kappa shape index (κ3) is 5.26. The van der Waals surface area contributed by atoms with Crippen LogP contribution in [-0.2, 0) is 14.8 Å². The lowest BCUT2D eigenvalue weighted by Gasteiger charge is -2.32. The van der Waals surface area contributed by atoms with Gasteiger partial charge < -0.3 is 10.1 Å². The van der Waals surface area contributed by atoms with Crippen LogP contribution in [0, 0.1) is 5.92 Å². The Morgan fingerprint density at radius 3 is 2.64 bits per heavy atom. The molecule has 1 heterocycles. The van der Waals surface area contributed by atoms with Gasteiger partial charge in [0.15, 0.2) is 0 Å². The van der Waals surface area contributed by atoms with Gasteiger partial charge in [0, 0.05) is 19.1 Å². The molecule has 1 aromatic carbocycles. The average molecular weight is 411 g/mol. The maximum absolute atomic E-state index is 13.3. The van der Waals surface area contributed by atoms with E-state index in [0.717, 1.165) is 18.4 Å². The Morgan fingerprint density at radius 2 is 2.04 bits per heavy atom. The van der Waals surface area contributed by atoms with E-state index in [9.17, 15) is 13.2 Å². The Bertz CT molecular complexity index is 777. The van der Waals surface area contributed by atoms with Crippen molar-refractivity contribution in [1.82, 2.24) is 9.62 Å². The maximum atomic E-state index is 13.3. The number of ether oxygens (including phenoxy) is 1. The molecule has 1 saturated heterocycles. The number of nitrogens with zero attached hydrogens (tertiary/aromatic N) is 1. The van der Waals surface area contributed by atoms with E-state index in [1.807, 2.05) is 26.8 Å². The molecule has 0 bridgehead atoms. The van der Waals surface area contributed by atoms with Gasteiger partial charge in [-0.1, -0.05) is 33.3 Å². The van der Waals surface area contributed by atoms with Crippen molar-refractivity contribution in [2.45, 2.75) is 70.2 Å². The van der Waals surface area contributed by atoms with Gasteiger partial charge in [0.2, 0.25) is 15.9 Å². The van der Waals surface area contributed by atoms with E-state index in [4.69, 9.17) is 4.74 Å². The number of nitrogens with one attached hydrogen (secondary N) is 1. The van der Waals surface area contributed by atoms with Crippen molar-refractivity contribution < 1.29 is 17.9 Å². The summed E-state index contributed by atoms with van der Waals surface area (Å²) in [4.78, 5) is 12.8. The highest BCUT2D eigenvalue weighted by Gasteiger charge is 2.35. The molecule has 1 amide bonds. The zero-order valence-corrected chi connectivity index (χ0v) is 18.5. The topological polar surface area (TPSA) is 75.7 Å². The normalized spacial score (nSPS) is 19.4. The fourth-order valence-corrected chi connectivity index (χ4v) is 5.35. The molecule has 1 fully saturated rings. The van der Waals surface area contributed by atoms with E-state index in [-0.39, 0.29) is 35.2 Å². The molecule has 2 atom stereocenters. The van der Waals surface area contributed by atoms with Gasteiger partial charge >= 0.3 is 0 Å². The second kappa shape index (κ2) is 9.74. The molecular weight excluding hydrogens is 376 g/mol. The lowest BCUT2D eigenvalue weighted by molar-refractivity contribution is -0.126. The number of methoxy groups -OCH3 is 1. The van der Waals surface area contributed by atoms with Crippen molar-refractivity contribution in [2.75, 3.05) is 20.2 Å². The van der Waals surface area contributed by atoms with E-state index in [1.54, 1.807) is 12.1 Å². The van der Waals surface area contributed by atoms with E-state index >= 15 is 0 Å². The molecule has 28 heavy (non-hydrogen) atoms. The minimum Gasteiger partial charge on any atom is -0.495 e. The lowest BCUT2D eigenvalue weighted by atomic mass is 9.98. The first-order valence-electron chi connectivity index (χ1n) is 10.2. The van der Waals surface area contributed by atoms with E-state index in [1.165, 1.54) is 11.4 Å². The number of rotatable bonds is 8. The highest BCUT2D eigenvalue weighted by atomic mass is 32.2. The fourth-order valence-electron chi connectivity index (χ4n) is 3.63. The predicted octanol–water partition coefficient (Wildman–Crippen LogP) is 3.52. The van der Waals surface area contributed by atoms with Crippen LogP contribution in [0.5, 0.6) is 5.75 Å². The SMILES string of the molecule is CCC[C@@H](C)NC(=O)[C@H]1CCCN(S(=O)(=O)c2cc(C(C)C)ccc2OC)C1. The number of sulfonamides is 1. The molecule has 0 aromatic heterocycles. The van der Waals surface area contributed by atoms with Gasteiger partial charge in [0.25, 0.3) is 0 Å². The molecule has 1 aliphatic rings. The van der Waals surface area contributed by atoms with E-state index in [0.29, 0.717) is 25.1 Å². The van der Waals surface area contributed by atoms with Gasteiger partial charge in [-0.15, -0.1) is 0 Å². The Balaban J connectivity index is 2.24. The lowest BCUT2D eigenvalue weighted by Crippen LogP contribution is -2.47. The molecule has 158 valence electrons. The first-order chi connectivity index (χ1) is 13.2. The highest BCUT2D eigenvalue weighted by molar-refractivity contribution is 7.89. The summed E-state index contributed by atoms with van der Waals surface area (Å²) in [5, 5.41) is 3.02. The van der Waals surface area contributed by atoms with Gasteiger partial charge in [-0.3, -0.25) is 4.79 Å². The zero-order valence-electron chi connectivity index (χ0n) is 17.7. The standard InChI is InChI=1S/C21H34N2O4S/c1-6-8-16(4)22-21(24)18-9-7-12-23(14-18)28(25,26)20-13-17(15(2)3)10-11-19(20)27-5/h10-11,13,15-16,18H,6-9,12,14H2,1-5H3,(H,22,24)/t16-,18+/m1/s1. The molecule has 1 N–H and O–H groups in total. The average Bonchev–Trinajstić information content (AvgIpc) is 2.67. The first-order valence-corrected chi connectivity index (χ1v) is 11.6. The van der Waals surface area contributed by atoms with Crippen molar-refractivity contribution in [3.63, 3.8) is 0 Å². The molecule has 0 unspecified atom stereocenters. The summed E-state index contributed by atoms with van der Waals surface area (Å²) in [6.45, 7) is 8.75. The monoisotopic (exact) mass is 410 g/mol. The zero-order chi connectivity index (χ0) is 20.9. The molecule has 0 spiro atoms. The summed E-state index contributed by atoms with van der Waals surface area (Å²) in [5.74, 6) is 0.179. The Hall–Kier alpha value is -1.60. The van der Waals surface area contributed by atoms with Crippen LogP contribution in [0.25, 0.3) is 0 Å². The second-order valence-corrected chi connectivity index (χ2v) is 9.87. The van der Waals surface area contributed by atoms with Gasteiger partial charge in [0.1, 0.15) is 10.6 Å². The molecule has 0 radical (unpaired) electrons. The molecule has 1 aromatic rings. The molecule has 1 aliphatic heterocycles. The summed E-state index contributed by atoms with van der Waals surface area (Å²) in [6, 6.07) is 5.41. The maximum Gasteiger partial charge on any atom is 0.246 e. The Labute approximate surface area is 169 Å². The van der Waals surface area contributed by atoms with Crippen molar-refractivity contribution in [3.05, 3.63) is 23.8 Å². The fraction of sp³-hybridized carbons (Fsp3) is 0.667. The van der Waals surface area contributed by atoms with Crippen LogP contribution in [0.1, 0.15) is 64.9 Å². The third-order valence-corrected chi connectivity index (χ3v) is 7.22.